The average Bonchev–Trinajstić information content (AvgIpc) is 2.82. The maximum Gasteiger partial charge on any atom is 0.314 e. The van der Waals surface area contributed by atoms with E-state index in [1.165, 1.54) is 7.11 Å². The van der Waals surface area contributed by atoms with Crippen LogP contribution in [0.2, 0.25) is 0 Å². The molecule has 0 aromatic carbocycles. The number of thiazole rings is 1. The Morgan fingerprint density at radius 3 is 3.05 bits per heavy atom. The van der Waals surface area contributed by atoms with E-state index in [-0.39, 0.29) is 17.4 Å². The van der Waals surface area contributed by atoms with E-state index in [4.69, 9.17) is 9.47 Å². The van der Waals surface area contributed by atoms with Gasteiger partial charge in [0.25, 0.3) is 0 Å². The van der Waals surface area contributed by atoms with Crippen LogP contribution in [-0.2, 0) is 14.3 Å². The third kappa shape index (κ3) is 1.90. The predicted molar refractivity (Wildman–Crippen MR) is 75.4 cm³/mol. The topological polar surface area (TPSA) is 51.7 Å². The highest BCUT2D eigenvalue weighted by atomic mass is 79.9. The fourth-order valence-electron chi connectivity index (χ4n) is 3.19. The Labute approximate surface area is 124 Å². The van der Waals surface area contributed by atoms with Crippen LogP contribution in [0.5, 0.6) is 0 Å². The number of fused-ring (bicyclic) bond motifs is 1. The van der Waals surface area contributed by atoms with E-state index in [1.54, 1.807) is 18.4 Å². The molecule has 2 heterocycles. The number of carbonyl (C=O) groups is 1. The maximum atomic E-state index is 12.1. The third-order valence-corrected chi connectivity index (χ3v) is 5.73. The Morgan fingerprint density at radius 1 is 1.68 bits per heavy atom. The molecule has 0 N–H and O–H groups in total. The number of halogens is 1. The number of nitrogens with zero attached hydrogens (tertiary/aromatic N) is 2. The van der Waals surface area contributed by atoms with Crippen molar-refractivity contribution >= 4 is 38.4 Å². The van der Waals surface area contributed by atoms with Gasteiger partial charge in [-0.2, -0.15) is 0 Å². The summed E-state index contributed by atoms with van der Waals surface area (Å²) in [6.07, 6.45) is 0.900. The first-order valence-corrected chi connectivity index (χ1v) is 7.75. The Bertz CT molecular complexity index is 509. The van der Waals surface area contributed by atoms with Gasteiger partial charge in [0.2, 0.25) is 0 Å². The summed E-state index contributed by atoms with van der Waals surface area (Å²) in [4.78, 5) is 18.7. The summed E-state index contributed by atoms with van der Waals surface area (Å²) in [6.45, 7) is 1.37. The van der Waals surface area contributed by atoms with Gasteiger partial charge in [-0.3, -0.25) is 4.79 Å². The lowest BCUT2D eigenvalue weighted by atomic mass is 9.97. The monoisotopic (exact) mass is 346 g/mol. The third-order valence-electron chi connectivity index (χ3n) is 4.14. The van der Waals surface area contributed by atoms with Gasteiger partial charge < -0.3 is 14.4 Å². The number of piperidine rings is 1. The maximum absolute atomic E-state index is 12.1. The second kappa shape index (κ2) is 4.71. The largest absolute Gasteiger partial charge is 0.469 e. The van der Waals surface area contributed by atoms with E-state index in [2.05, 4.69) is 25.8 Å². The van der Waals surface area contributed by atoms with Crippen LogP contribution in [0.1, 0.15) is 6.42 Å². The molecule has 2 aliphatic rings. The summed E-state index contributed by atoms with van der Waals surface area (Å²) in [5.74, 6) is 0.250. The first-order valence-electron chi connectivity index (χ1n) is 6.08. The molecule has 7 heteroatoms. The van der Waals surface area contributed by atoms with Crippen molar-refractivity contribution in [3.05, 3.63) is 9.98 Å². The van der Waals surface area contributed by atoms with Crippen molar-refractivity contribution in [2.24, 2.45) is 11.3 Å². The zero-order chi connectivity index (χ0) is 13.6. The second-order valence-electron chi connectivity index (χ2n) is 5.01. The second-order valence-corrected chi connectivity index (χ2v) is 6.66. The van der Waals surface area contributed by atoms with Crippen molar-refractivity contribution in [3.63, 3.8) is 0 Å². The first kappa shape index (κ1) is 13.3. The number of hydrogen-bond donors (Lipinski definition) is 0. The van der Waals surface area contributed by atoms with Gasteiger partial charge in [0.15, 0.2) is 5.13 Å². The number of anilines is 1. The number of esters is 1. The molecule has 1 aromatic heterocycles. The highest BCUT2D eigenvalue weighted by Crippen LogP contribution is 2.63. The van der Waals surface area contributed by atoms with Gasteiger partial charge in [-0.25, -0.2) is 4.98 Å². The number of carbonyl (C=O) groups excluding carboxylic acids is 1. The SMILES string of the molecule is COC[C@H]1N(c2nc(Br)cs2)C[C@@H]2C[C@@]21C(=O)OC. The number of methoxy groups -OCH3 is 2. The highest BCUT2D eigenvalue weighted by molar-refractivity contribution is 9.10. The molecule has 0 unspecified atom stereocenters. The molecule has 0 amide bonds. The zero-order valence-electron chi connectivity index (χ0n) is 10.8. The molecular formula is C12H15BrN2O3S. The van der Waals surface area contributed by atoms with Crippen molar-refractivity contribution in [3.8, 4) is 0 Å². The van der Waals surface area contributed by atoms with E-state index >= 15 is 0 Å². The molecule has 2 fully saturated rings. The molecule has 0 spiro atoms. The van der Waals surface area contributed by atoms with E-state index in [9.17, 15) is 4.79 Å². The molecule has 1 saturated carbocycles. The zero-order valence-corrected chi connectivity index (χ0v) is 13.2. The quantitative estimate of drug-likeness (QED) is 0.779. The van der Waals surface area contributed by atoms with Gasteiger partial charge >= 0.3 is 5.97 Å². The molecule has 1 aromatic rings. The Morgan fingerprint density at radius 2 is 2.47 bits per heavy atom. The molecule has 1 aliphatic carbocycles. The van der Waals surface area contributed by atoms with Crippen LogP contribution in [0.15, 0.2) is 9.98 Å². The average molecular weight is 347 g/mol. The smallest absolute Gasteiger partial charge is 0.314 e. The first-order chi connectivity index (χ1) is 9.13. The van der Waals surface area contributed by atoms with Gasteiger partial charge in [-0.05, 0) is 28.3 Å². The van der Waals surface area contributed by atoms with Crippen LogP contribution < -0.4 is 4.90 Å². The Balaban J connectivity index is 1.90. The van der Waals surface area contributed by atoms with Crippen molar-refractivity contribution in [1.29, 1.82) is 0 Å². The molecule has 104 valence electrons. The van der Waals surface area contributed by atoms with Crippen LogP contribution in [0.3, 0.4) is 0 Å². The van der Waals surface area contributed by atoms with Gasteiger partial charge in [0.05, 0.1) is 25.2 Å². The fourth-order valence-corrected chi connectivity index (χ4v) is 4.50. The molecule has 0 radical (unpaired) electrons. The number of aromatic nitrogens is 1. The van der Waals surface area contributed by atoms with Crippen molar-refractivity contribution in [1.82, 2.24) is 4.98 Å². The normalized spacial score (nSPS) is 32.3. The highest BCUT2D eigenvalue weighted by Gasteiger charge is 2.71. The Hall–Kier alpha value is -0.660. The fraction of sp³-hybridized carbons (Fsp3) is 0.667. The van der Waals surface area contributed by atoms with Gasteiger partial charge in [-0.1, -0.05) is 0 Å². The Kier molecular flexibility index (Phi) is 3.31. The molecule has 3 atom stereocenters. The van der Waals surface area contributed by atoms with Gasteiger partial charge in [0, 0.05) is 19.0 Å². The standard InChI is InChI=1S/C12H15BrN2O3S/c1-17-5-8-12(10(16)18-2)3-7(12)4-15(8)11-14-9(13)6-19-11/h6-8H,3-5H2,1-2H3/t7-,8+,12+/m0/s1. The number of rotatable bonds is 4. The van der Waals surface area contributed by atoms with Crippen LogP contribution in [-0.4, -0.2) is 44.4 Å². The summed E-state index contributed by atoms with van der Waals surface area (Å²) < 4.78 is 11.1. The van der Waals surface area contributed by atoms with Crippen LogP contribution in [0, 0.1) is 11.3 Å². The van der Waals surface area contributed by atoms with E-state index in [0.29, 0.717) is 12.5 Å². The number of ether oxygens (including phenoxy) is 2. The minimum absolute atomic E-state index is 0.0213. The molecule has 1 aliphatic heterocycles. The predicted octanol–water partition coefficient (Wildman–Crippen LogP) is 1.92. The minimum atomic E-state index is -0.386. The van der Waals surface area contributed by atoms with Crippen LogP contribution >= 0.6 is 27.3 Å². The van der Waals surface area contributed by atoms with Crippen molar-refractivity contribution in [2.75, 3.05) is 32.3 Å². The van der Waals surface area contributed by atoms with Crippen molar-refractivity contribution < 1.29 is 14.3 Å². The summed E-state index contributed by atoms with van der Waals surface area (Å²) >= 11 is 4.95. The van der Waals surface area contributed by atoms with Crippen LogP contribution in [0.25, 0.3) is 0 Å². The lowest BCUT2D eigenvalue weighted by Crippen LogP contribution is -2.44. The molecular weight excluding hydrogens is 332 g/mol. The van der Waals surface area contributed by atoms with E-state index < -0.39 is 0 Å². The summed E-state index contributed by atoms with van der Waals surface area (Å²) in [6, 6.07) is 0.0213. The molecule has 19 heavy (non-hydrogen) atoms. The summed E-state index contributed by atoms with van der Waals surface area (Å²) in [5.41, 5.74) is -0.386. The van der Waals surface area contributed by atoms with E-state index in [1.807, 2.05) is 5.38 Å². The lowest BCUT2D eigenvalue weighted by Gasteiger charge is -2.30. The van der Waals surface area contributed by atoms with E-state index in [0.717, 1.165) is 22.7 Å². The lowest BCUT2D eigenvalue weighted by molar-refractivity contribution is -0.148. The summed E-state index contributed by atoms with van der Waals surface area (Å²) in [5, 5.41) is 2.89. The van der Waals surface area contributed by atoms with Gasteiger partial charge in [0.1, 0.15) is 4.60 Å². The molecule has 3 rings (SSSR count). The van der Waals surface area contributed by atoms with Crippen LogP contribution in [0.4, 0.5) is 5.13 Å². The molecule has 1 saturated heterocycles. The number of hydrogen-bond acceptors (Lipinski definition) is 6. The minimum Gasteiger partial charge on any atom is -0.469 e. The molecule has 0 bridgehead atoms. The molecule has 5 nitrogen and oxygen atoms in total. The summed E-state index contributed by atoms with van der Waals surface area (Å²) in [7, 11) is 3.12. The van der Waals surface area contributed by atoms with Gasteiger partial charge in [-0.15, -0.1) is 11.3 Å². The van der Waals surface area contributed by atoms with Crippen molar-refractivity contribution in [2.45, 2.75) is 12.5 Å².